The second kappa shape index (κ2) is 6.57. The quantitative estimate of drug-likeness (QED) is 0.645. The Balaban J connectivity index is 2.18. The fourth-order valence-electron chi connectivity index (χ4n) is 2.21. The number of nitro groups is 1. The Morgan fingerprint density at radius 2 is 2.09 bits per heavy atom. The molecule has 116 valence electrons. The number of aryl methyl sites for hydroxylation is 2. The van der Waals surface area contributed by atoms with Crippen LogP contribution in [0.5, 0.6) is 0 Å². The molecule has 7 nitrogen and oxygen atoms in total. The molecule has 1 unspecified atom stereocenters. The van der Waals surface area contributed by atoms with Gasteiger partial charge >= 0.3 is 11.7 Å². The Hall–Kier alpha value is -2.41. The van der Waals surface area contributed by atoms with Crippen molar-refractivity contribution in [2.75, 3.05) is 0 Å². The van der Waals surface area contributed by atoms with Crippen molar-refractivity contribution in [3.8, 4) is 0 Å². The maximum Gasteiger partial charge on any atom is 0.334 e. The van der Waals surface area contributed by atoms with Gasteiger partial charge in [0, 0.05) is 11.4 Å². The topological polar surface area (TPSA) is 106 Å². The third-order valence-corrected chi connectivity index (χ3v) is 3.56. The van der Waals surface area contributed by atoms with E-state index in [4.69, 9.17) is 16.1 Å². The molecule has 1 aromatic carbocycles. The van der Waals surface area contributed by atoms with E-state index < -0.39 is 16.8 Å². The number of nitrogens with zero attached hydrogens (tertiary/aromatic N) is 2. The van der Waals surface area contributed by atoms with Gasteiger partial charge in [-0.2, -0.15) is 0 Å². The maximum absolute atomic E-state index is 11.4. The molecule has 2 aromatic rings. The molecule has 0 saturated carbocycles. The highest BCUT2D eigenvalue weighted by Gasteiger charge is 2.27. The molecule has 8 heteroatoms. The third kappa shape index (κ3) is 3.43. The van der Waals surface area contributed by atoms with Crippen molar-refractivity contribution in [3.63, 3.8) is 0 Å². The summed E-state index contributed by atoms with van der Waals surface area (Å²) >= 11 is 5.78. The van der Waals surface area contributed by atoms with E-state index in [0.717, 1.165) is 0 Å². The molecule has 22 heavy (non-hydrogen) atoms. The number of aliphatic carboxylic acids is 1. The Bertz CT molecular complexity index is 696. The zero-order valence-electron chi connectivity index (χ0n) is 11.7. The SMILES string of the molecule is Cc1noc(CCC(C(=O)O)c2ccc(Cl)cc2)c1[N+](=O)[O-]. The van der Waals surface area contributed by atoms with Gasteiger partial charge in [0.05, 0.1) is 10.8 Å². The number of carboxylic acid groups (broad SMARTS) is 1. The average Bonchev–Trinajstić information content (AvgIpc) is 2.82. The molecule has 0 saturated heterocycles. The number of rotatable bonds is 6. The third-order valence-electron chi connectivity index (χ3n) is 3.31. The second-order valence-electron chi connectivity index (χ2n) is 4.78. The average molecular weight is 325 g/mol. The van der Waals surface area contributed by atoms with Gasteiger partial charge in [0.15, 0.2) is 5.69 Å². The van der Waals surface area contributed by atoms with E-state index in [-0.39, 0.29) is 30.0 Å². The molecular formula is C14H13ClN2O5. The van der Waals surface area contributed by atoms with Crippen molar-refractivity contribution >= 4 is 23.3 Å². The molecule has 0 aliphatic carbocycles. The predicted octanol–water partition coefficient (Wildman–Crippen LogP) is 3.35. The molecule has 0 aliphatic heterocycles. The summed E-state index contributed by atoms with van der Waals surface area (Å²) in [7, 11) is 0. The van der Waals surface area contributed by atoms with E-state index in [1.807, 2.05) is 0 Å². The van der Waals surface area contributed by atoms with Gasteiger partial charge in [-0.15, -0.1) is 0 Å². The molecule has 1 N–H and O–H groups in total. The Labute approximate surface area is 130 Å². The van der Waals surface area contributed by atoms with Crippen LogP contribution in [0.4, 0.5) is 5.69 Å². The first-order valence-corrected chi connectivity index (χ1v) is 6.85. The van der Waals surface area contributed by atoms with Crippen LogP contribution in [-0.2, 0) is 11.2 Å². The first-order chi connectivity index (χ1) is 10.4. The van der Waals surface area contributed by atoms with Gasteiger partial charge in [-0.05, 0) is 31.0 Å². The van der Waals surface area contributed by atoms with Crippen molar-refractivity contribution in [1.29, 1.82) is 0 Å². The molecule has 0 radical (unpaired) electrons. The fraction of sp³-hybridized carbons (Fsp3) is 0.286. The van der Waals surface area contributed by atoms with Crippen LogP contribution in [0.15, 0.2) is 28.8 Å². The molecule has 2 rings (SSSR count). The number of hydrogen-bond acceptors (Lipinski definition) is 5. The number of carboxylic acids is 1. The van der Waals surface area contributed by atoms with E-state index >= 15 is 0 Å². The Kier molecular flexibility index (Phi) is 4.77. The van der Waals surface area contributed by atoms with Gasteiger partial charge in [-0.1, -0.05) is 28.9 Å². The second-order valence-corrected chi connectivity index (χ2v) is 5.21. The van der Waals surface area contributed by atoms with Crippen molar-refractivity contribution in [3.05, 3.63) is 56.4 Å². The van der Waals surface area contributed by atoms with E-state index in [0.29, 0.717) is 10.6 Å². The summed E-state index contributed by atoms with van der Waals surface area (Å²) in [5.41, 5.74) is 0.564. The lowest BCUT2D eigenvalue weighted by molar-refractivity contribution is -0.386. The lowest BCUT2D eigenvalue weighted by Crippen LogP contribution is -2.12. The summed E-state index contributed by atoms with van der Waals surface area (Å²) in [6, 6.07) is 6.46. The minimum Gasteiger partial charge on any atom is -0.481 e. The molecule has 1 aromatic heterocycles. The van der Waals surface area contributed by atoms with Gasteiger partial charge < -0.3 is 9.63 Å². The van der Waals surface area contributed by atoms with Crippen LogP contribution in [0.1, 0.15) is 29.4 Å². The van der Waals surface area contributed by atoms with Gasteiger partial charge in [0.25, 0.3) is 0 Å². The molecule has 1 heterocycles. The summed E-state index contributed by atoms with van der Waals surface area (Å²) in [5.74, 6) is -1.73. The summed E-state index contributed by atoms with van der Waals surface area (Å²) < 4.78 is 4.94. The van der Waals surface area contributed by atoms with Crippen LogP contribution in [0, 0.1) is 17.0 Å². The number of aromatic nitrogens is 1. The normalized spacial score (nSPS) is 12.1. The maximum atomic E-state index is 11.4. The molecule has 0 fully saturated rings. The molecule has 0 spiro atoms. The van der Waals surface area contributed by atoms with E-state index in [9.17, 15) is 20.0 Å². The standard InChI is InChI=1S/C14H13ClN2O5/c1-8-13(17(20)21)12(22-16-8)7-6-11(14(18)19)9-2-4-10(15)5-3-9/h2-5,11H,6-7H2,1H3,(H,18,19). The highest BCUT2D eigenvalue weighted by Crippen LogP contribution is 2.28. The number of benzene rings is 1. The van der Waals surface area contributed by atoms with Crippen molar-refractivity contribution in [2.24, 2.45) is 0 Å². The fourth-order valence-corrected chi connectivity index (χ4v) is 2.34. The lowest BCUT2D eigenvalue weighted by atomic mass is 9.93. The van der Waals surface area contributed by atoms with E-state index in [2.05, 4.69) is 5.16 Å². The molecule has 1 atom stereocenters. The number of hydrogen-bond donors (Lipinski definition) is 1. The van der Waals surface area contributed by atoms with Crippen molar-refractivity contribution < 1.29 is 19.3 Å². The van der Waals surface area contributed by atoms with Crippen LogP contribution < -0.4 is 0 Å². The van der Waals surface area contributed by atoms with Crippen LogP contribution in [-0.4, -0.2) is 21.2 Å². The Morgan fingerprint density at radius 3 is 2.64 bits per heavy atom. The molecule has 0 aliphatic rings. The number of halogens is 1. The van der Waals surface area contributed by atoms with Crippen LogP contribution in [0.2, 0.25) is 5.02 Å². The lowest BCUT2D eigenvalue weighted by Gasteiger charge is -2.11. The van der Waals surface area contributed by atoms with Crippen LogP contribution in [0.25, 0.3) is 0 Å². The van der Waals surface area contributed by atoms with Crippen LogP contribution in [0.3, 0.4) is 0 Å². The summed E-state index contributed by atoms with van der Waals surface area (Å²) in [5, 5.41) is 24.4. The number of carbonyl (C=O) groups is 1. The van der Waals surface area contributed by atoms with Crippen molar-refractivity contribution in [1.82, 2.24) is 5.16 Å². The summed E-state index contributed by atoms with van der Waals surface area (Å²) in [6.45, 7) is 1.47. The van der Waals surface area contributed by atoms with Gasteiger partial charge in [0.2, 0.25) is 5.76 Å². The molecule has 0 amide bonds. The first-order valence-electron chi connectivity index (χ1n) is 6.48. The minimum absolute atomic E-state index is 0.0858. The van der Waals surface area contributed by atoms with Crippen LogP contribution >= 0.6 is 11.6 Å². The predicted molar refractivity (Wildman–Crippen MR) is 78.0 cm³/mol. The summed E-state index contributed by atoms with van der Waals surface area (Å²) in [4.78, 5) is 21.8. The zero-order valence-corrected chi connectivity index (χ0v) is 12.4. The van der Waals surface area contributed by atoms with Gasteiger partial charge in [-0.3, -0.25) is 14.9 Å². The Morgan fingerprint density at radius 1 is 1.45 bits per heavy atom. The minimum atomic E-state index is -1.01. The highest BCUT2D eigenvalue weighted by atomic mass is 35.5. The summed E-state index contributed by atoms with van der Waals surface area (Å²) in [6.07, 6.45) is 0.267. The molecular weight excluding hydrogens is 312 g/mol. The molecule has 0 bridgehead atoms. The zero-order chi connectivity index (χ0) is 16.3. The highest BCUT2D eigenvalue weighted by molar-refractivity contribution is 6.30. The first kappa shape index (κ1) is 16.0. The largest absolute Gasteiger partial charge is 0.481 e. The monoisotopic (exact) mass is 324 g/mol. The van der Waals surface area contributed by atoms with E-state index in [1.165, 1.54) is 6.92 Å². The van der Waals surface area contributed by atoms with Crippen molar-refractivity contribution in [2.45, 2.75) is 25.7 Å². The van der Waals surface area contributed by atoms with E-state index in [1.54, 1.807) is 24.3 Å². The smallest absolute Gasteiger partial charge is 0.334 e. The van der Waals surface area contributed by atoms with Gasteiger partial charge in [-0.25, -0.2) is 0 Å². The van der Waals surface area contributed by atoms with Gasteiger partial charge in [0.1, 0.15) is 0 Å².